The summed E-state index contributed by atoms with van der Waals surface area (Å²) < 4.78 is 0. The van der Waals surface area contributed by atoms with E-state index in [4.69, 9.17) is 5.73 Å². The van der Waals surface area contributed by atoms with Crippen molar-refractivity contribution in [2.24, 2.45) is 5.73 Å². The predicted octanol–water partition coefficient (Wildman–Crippen LogP) is 2.98. The highest BCUT2D eigenvalue weighted by Crippen LogP contribution is 2.15. The maximum absolute atomic E-state index is 5.55. The second-order valence-electron chi connectivity index (χ2n) is 4.91. The molecule has 1 aromatic carbocycles. The Labute approximate surface area is 106 Å². The van der Waals surface area contributed by atoms with Crippen molar-refractivity contribution in [3.63, 3.8) is 0 Å². The summed E-state index contributed by atoms with van der Waals surface area (Å²) in [6.45, 7) is 10.7. The second kappa shape index (κ2) is 7.46. The van der Waals surface area contributed by atoms with Crippen LogP contribution in [-0.2, 0) is 6.54 Å². The van der Waals surface area contributed by atoms with Gasteiger partial charge in [0, 0.05) is 6.54 Å². The van der Waals surface area contributed by atoms with Gasteiger partial charge in [0.2, 0.25) is 0 Å². The van der Waals surface area contributed by atoms with E-state index in [1.165, 1.54) is 11.1 Å². The van der Waals surface area contributed by atoms with Crippen molar-refractivity contribution in [3.05, 3.63) is 35.4 Å². The first-order valence-corrected chi connectivity index (χ1v) is 6.68. The van der Waals surface area contributed by atoms with Crippen LogP contribution in [0, 0.1) is 0 Å². The Morgan fingerprint density at radius 3 is 2.29 bits per heavy atom. The Hall–Kier alpha value is -0.860. The van der Waals surface area contributed by atoms with Gasteiger partial charge in [-0.15, -0.1) is 0 Å². The van der Waals surface area contributed by atoms with Crippen molar-refractivity contribution in [2.45, 2.75) is 39.7 Å². The average molecular weight is 234 g/mol. The lowest BCUT2D eigenvalue weighted by atomic mass is 10.0. The first-order chi connectivity index (χ1) is 8.17. The van der Waals surface area contributed by atoms with Crippen LogP contribution in [0.5, 0.6) is 0 Å². The van der Waals surface area contributed by atoms with E-state index in [1.807, 2.05) is 0 Å². The Bertz CT molecular complexity index is 303. The van der Waals surface area contributed by atoms with Gasteiger partial charge in [0.05, 0.1) is 0 Å². The molecule has 0 aliphatic rings. The molecule has 0 saturated heterocycles. The van der Waals surface area contributed by atoms with E-state index in [1.54, 1.807) is 0 Å². The summed E-state index contributed by atoms with van der Waals surface area (Å²) in [4.78, 5) is 2.44. The van der Waals surface area contributed by atoms with Crippen LogP contribution >= 0.6 is 0 Å². The van der Waals surface area contributed by atoms with Crippen LogP contribution in [0.3, 0.4) is 0 Å². The molecule has 0 aliphatic carbocycles. The molecule has 0 aromatic heterocycles. The zero-order valence-corrected chi connectivity index (χ0v) is 11.4. The molecule has 0 heterocycles. The molecular weight excluding hydrogens is 208 g/mol. The largest absolute Gasteiger partial charge is 0.330 e. The Balaban J connectivity index is 2.54. The summed E-state index contributed by atoms with van der Waals surface area (Å²) in [5, 5.41) is 0. The number of nitrogens with zero attached hydrogens (tertiary/aromatic N) is 1. The predicted molar refractivity (Wildman–Crippen MR) is 75.2 cm³/mol. The Morgan fingerprint density at radius 2 is 1.82 bits per heavy atom. The van der Waals surface area contributed by atoms with E-state index in [9.17, 15) is 0 Å². The monoisotopic (exact) mass is 234 g/mol. The number of nitrogens with two attached hydrogens (primary N) is 1. The van der Waals surface area contributed by atoms with Gasteiger partial charge in [0.1, 0.15) is 0 Å². The van der Waals surface area contributed by atoms with Gasteiger partial charge in [-0.25, -0.2) is 0 Å². The molecule has 0 fully saturated rings. The first kappa shape index (κ1) is 14.2. The molecule has 0 amide bonds. The molecule has 0 bridgehead atoms. The molecule has 0 saturated carbocycles. The van der Waals surface area contributed by atoms with Crippen LogP contribution < -0.4 is 5.73 Å². The second-order valence-corrected chi connectivity index (χ2v) is 4.91. The minimum atomic E-state index is 0.614. The summed E-state index contributed by atoms with van der Waals surface area (Å²) in [5.74, 6) is 0.614. The summed E-state index contributed by atoms with van der Waals surface area (Å²) in [5.41, 5.74) is 8.36. The van der Waals surface area contributed by atoms with E-state index in [-0.39, 0.29) is 0 Å². The van der Waals surface area contributed by atoms with Gasteiger partial charge in [-0.2, -0.15) is 0 Å². The third-order valence-electron chi connectivity index (χ3n) is 3.18. The van der Waals surface area contributed by atoms with E-state index < -0.39 is 0 Å². The zero-order valence-electron chi connectivity index (χ0n) is 11.4. The molecular formula is C15H26N2. The van der Waals surface area contributed by atoms with Crippen LogP contribution in [-0.4, -0.2) is 24.5 Å². The highest BCUT2D eigenvalue weighted by Gasteiger charge is 2.04. The molecule has 0 spiro atoms. The average Bonchev–Trinajstić information content (AvgIpc) is 2.35. The number of hydrogen-bond donors (Lipinski definition) is 1. The van der Waals surface area contributed by atoms with E-state index >= 15 is 0 Å². The van der Waals surface area contributed by atoms with Crippen molar-refractivity contribution in [3.8, 4) is 0 Å². The van der Waals surface area contributed by atoms with Crippen LogP contribution in [0.25, 0.3) is 0 Å². The van der Waals surface area contributed by atoms with Crippen LogP contribution in [0.15, 0.2) is 24.3 Å². The summed E-state index contributed by atoms with van der Waals surface area (Å²) in [6, 6.07) is 8.99. The first-order valence-electron chi connectivity index (χ1n) is 6.68. The zero-order chi connectivity index (χ0) is 12.7. The maximum Gasteiger partial charge on any atom is 0.0233 e. The molecule has 0 atom stereocenters. The van der Waals surface area contributed by atoms with Crippen molar-refractivity contribution >= 4 is 0 Å². The molecule has 2 nitrogen and oxygen atoms in total. The molecule has 96 valence electrons. The van der Waals surface area contributed by atoms with Gasteiger partial charge in [-0.3, -0.25) is 4.90 Å². The van der Waals surface area contributed by atoms with Gasteiger partial charge >= 0.3 is 0 Å². The fraction of sp³-hybridized carbons (Fsp3) is 0.600. The number of rotatable bonds is 7. The highest BCUT2D eigenvalue weighted by molar-refractivity contribution is 5.24. The molecule has 0 radical (unpaired) electrons. The van der Waals surface area contributed by atoms with Crippen molar-refractivity contribution in [2.75, 3.05) is 19.6 Å². The molecule has 2 heteroatoms. The van der Waals surface area contributed by atoms with Crippen LogP contribution in [0.2, 0.25) is 0 Å². The van der Waals surface area contributed by atoms with Crippen molar-refractivity contribution in [1.82, 2.24) is 4.90 Å². The van der Waals surface area contributed by atoms with Crippen LogP contribution in [0.4, 0.5) is 0 Å². The van der Waals surface area contributed by atoms with Crippen molar-refractivity contribution in [1.29, 1.82) is 0 Å². The number of hydrogen-bond acceptors (Lipinski definition) is 2. The van der Waals surface area contributed by atoms with E-state index in [0.717, 1.165) is 32.6 Å². The minimum Gasteiger partial charge on any atom is -0.330 e. The molecule has 0 unspecified atom stereocenters. The van der Waals surface area contributed by atoms with Crippen LogP contribution in [0.1, 0.15) is 44.2 Å². The molecule has 17 heavy (non-hydrogen) atoms. The summed E-state index contributed by atoms with van der Waals surface area (Å²) in [6.07, 6.45) is 1.08. The third-order valence-corrected chi connectivity index (χ3v) is 3.18. The molecule has 1 aromatic rings. The molecule has 0 aliphatic heterocycles. The Kier molecular flexibility index (Phi) is 6.23. The lowest BCUT2D eigenvalue weighted by Crippen LogP contribution is -2.25. The van der Waals surface area contributed by atoms with E-state index in [2.05, 4.69) is 49.9 Å². The van der Waals surface area contributed by atoms with Crippen molar-refractivity contribution < 1.29 is 0 Å². The highest BCUT2D eigenvalue weighted by atomic mass is 15.1. The number of benzene rings is 1. The summed E-state index contributed by atoms with van der Waals surface area (Å²) in [7, 11) is 0. The minimum absolute atomic E-state index is 0.614. The molecule has 2 N–H and O–H groups in total. The van der Waals surface area contributed by atoms with Gasteiger partial charge in [-0.1, -0.05) is 45.0 Å². The normalized spacial score (nSPS) is 11.4. The smallest absolute Gasteiger partial charge is 0.0233 e. The Morgan fingerprint density at radius 1 is 1.18 bits per heavy atom. The fourth-order valence-electron chi connectivity index (χ4n) is 1.93. The van der Waals surface area contributed by atoms with Gasteiger partial charge in [0.25, 0.3) is 0 Å². The summed E-state index contributed by atoms with van der Waals surface area (Å²) >= 11 is 0. The SMILES string of the molecule is CCN(CCCN)Cc1ccc(C(C)C)cc1. The maximum atomic E-state index is 5.55. The van der Waals surface area contributed by atoms with Gasteiger partial charge in [-0.05, 0) is 43.1 Å². The fourth-order valence-corrected chi connectivity index (χ4v) is 1.93. The lowest BCUT2D eigenvalue weighted by molar-refractivity contribution is 0.278. The van der Waals surface area contributed by atoms with Gasteiger partial charge in [0.15, 0.2) is 0 Å². The van der Waals surface area contributed by atoms with E-state index in [0.29, 0.717) is 5.92 Å². The molecule has 1 rings (SSSR count). The lowest BCUT2D eigenvalue weighted by Gasteiger charge is -2.20. The quantitative estimate of drug-likeness (QED) is 0.786. The topological polar surface area (TPSA) is 29.3 Å². The van der Waals surface area contributed by atoms with Gasteiger partial charge < -0.3 is 5.73 Å². The standard InChI is InChI=1S/C15H26N2/c1-4-17(11-5-10-16)12-14-6-8-15(9-7-14)13(2)3/h6-9,13H,4-5,10-12,16H2,1-3H3. The third kappa shape index (κ3) is 4.88.